The second-order valence-corrected chi connectivity index (χ2v) is 6.98. The summed E-state index contributed by atoms with van der Waals surface area (Å²) in [7, 11) is -3.93. The van der Waals surface area contributed by atoms with Crippen molar-refractivity contribution in [2.75, 3.05) is 0 Å². The number of benzene rings is 1. The molecule has 0 fully saturated rings. The molecule has 0 unspecified atom stereocenters. The van der Waals surface area contributed by atoms with Crippen LogP contribution in [0.3, 0.4) is 0 Å². The maximum Gasteiger partial charge on any atom is 0.347 e. The Morgan fingerprint density at radius 2 is 2.10 bits per heavy atom. The molecule has 0 saturated heterocycles. The van der Waals surface area contributed by atoms with E-state index in [9.17, 15) is 17.6 Å². The van der Waals surface area contributed by atoms with Crippen LogP contribution in [0.15, 0.2) is 34.5 Å². The van der Waals surface area contributed by atoms with Crippen molar-refractivity contribution in [1.82, 2.24) is 4.72 Å². The summed E-state index contributed by atoms with van der Waals surface area (Å²) in [6, 6.07) is 5.50. The second-order valence-electron chi connectivity index (χ2n) is 4.33. The van der Waals surface area contributed by atoms with Crippen LogP contribution >= 0.6 is 11.3 Å². The highest BCUT2D eigenvalue weighted by Gasteiger charge is 2.23. The van der Waals surface area contributed by atoms with Crippen LogP contribution in [-0.4, -0.2) is 19.5 Å². The maximum absolute atomic E-state index is 13.1. The highest BCUT2D eigenvalue weighted by molar-refractivity contribution is 7.89. The van der Waals surface area contributed by atoms with Crippen molar-refractivity contribution < 1.29 is 22.7 Å². The summed E-state index contributed by atoms with van der Waals surface area (Å²) in [5.41, 5.74) is 0.998. The first-order valence-corrected chi connectivity index (χ1v) is 8.23. The van der Waals surface area contributed by atoms with Crippen molar-refractivity contribution in [3.8, 4) is 0 Å². The van der Waals surface area contributed by atoms with Gasteiger partial charge in [-0.25, -0.2) is 22.3 Å². The van der Waals surface area contributed by atoms with E-state index in [0.717, 1.165) is 11.3 Å². The third-order valence-electron chi connectivity index (χ3n) is 2.80. The quantitative estimate of drug-likeness (QED) is 0.882. The molecule has 5 nitrogen and oxygen atoms in total. The van der Waals surface area contributed by atoms with E-state index in [2.05, 4.69) is 4.72 Å². The van der Waals surface area contributed by atoms with Gasteiger partial charge in [0.1, 0.15) is 15.6 Å². The Labute approximate surface area is 125 Å². The maximum atomic E-state index is 13.1. The van der Waals surface area contributed by atoms with Crippen LogP contribution in [-0.2, 0) is 16.6 Å². The molecule has 0 saturated carbocycles. The van der Waals surface area contributed by atoms with Crippen LogP contribution in [0.1, 0.15) is 20.8 Å². The van der Waals surface area contributed by atoms with Gasteiger partial charge in [0.15, 0.2) is 0 Å². The molecule has 0 spiro atoms. The van der Waals surface area contributed by atoms with Crippen molar-refractivity contribution in [2.24, 2.45) is 0 Å². The number of halogens is 1. The predicted octanol–water partition coefficient (Wildman–Crippen LogP) is 2.37. The first-order valence-electron chi connectivity index (χ1n) is 5.87. The van der Waals surface area contributed by atoms with Crippen LogP contribution in [0.5, 0.6) is 0 Å². The van der Waals surface area contributed by atoms with E-state index in [4.69, 9.17) is 5.11 Å². The lowest BCUT2D eigenvalue weighted by Crippen LogP contribution is -2.24. The van der Waals surface area contributed by atoms with Crippen molar-refractivity contribution in [3.63, 3.8) is 0 Å². The number of carbonyl (C=O) groups is 1. The van der Waals surface area contributed by atoms with Crippen LogP contribution < -0.4 is 4.72 Å². The smallest absolute Gasteiger partial charge is 0.347 e. The molecule has 0 bridgehead atoms. The number of nitrogens with one attached hydrogen (secondary N) is 1. The number of carboxylic acids is 1. The van der Waals surface area contributed by atoms with E-state index >= 15 is 0 Å². The average molecular weight is 329 g/mol. The van der Waals surface area contributed by atoms with E-state index in [1.807, 2.05) is 0 Å². The molecule has 1 aromatic carbocycles. The fourth-order valence-electron chi connectivity index (χ4n) is 1.74. The molecule has 8 heteroatoms. The van der Waals surface area contributed by atoms with Gasteiger partial charge in [-0.15, -0.1) is 11.3 Å². The Kier molecular flexibility index (Phi) is 4.40. The van der Waals surface area contributed by atoms with Gasteiger partial charge in [0.05, 0.1) is 0 Å². The Hall–Kier alpha value is -1.77. The summed E-state index contributed by atoms with van der Waals surface area (Å²) in [6.45, 7) is 1.53. The third-order valence-corrected chi connectivity index (χ3v) is 5.28. The van der Waals surface area contributed by atoms with Crippen molar-refractivity contribution in [1.29, 1.82) is 0 Å². The lowest BCUT2D eigenvalue weighted by molar-refractivity contribution is 0.0698. The number of aromatic carboxylic acids is 1. The molecule has 1 heterocycles. The summed E-state index contributed by atoms with van der Waals surface area (Å²) in [5.74, 6) is -1.66. The van der Waals surface area contributed by atoms with E-state index in [0.29, 0.717) is 11.1 Å². The molecule has 0 aliphatic heterocycles. The summed E-state index contributed by atoms with van der Waals surface area (Å²) in [6.07, 6.45) is 0. The first-order chi connectivity index (χ1) is 9.81. The molecule has 0 radical (unpaired) electrons. The van der Waals surface area contributed by atoms with E-state index < -0.39 is 16.0 Å². The zero-order chi connectivity index (χ0) is 15.6. The number of aryl methyl sites for hydroxylation is 1. The fraction of sp³-hybridized carbons (Fsp3) is 0.154. The van der Waals surface area contributed by atoms with E-state index in [1.54, 1.807) is 6.92 Å². The van der Waals surface area contributed by atoms with E-state index in [1.165, 1.54) is 29.6 Å². The van der Waals surface area contributed by atoms with Crippen LogP contribution in [0.25, 0.3) is 0 Å². The minimum atomic E-state index is -3.93. The van der Waals surface area contributed by atoms with Gasteiger partial charge in [0.2, 0.25) is 10.0 Å². The van der Waals surface area contributed by atoms with Gasteiger partial charge in [-0.2, -0.15) is 0 Å². The zero-order valence-corrected chi connectivity index (χ0v) is 12.6. The summed E-state index contributed by atoms with van der Waals surface area (Å²) < 4.78 is 39.7. The Bertz CT molecular complexity index is 783. The zero-order valence-electron chi connectivity index (χ0n) is 11.0. The molecule has 2 aromatic rings. The number of thiophene rings is 1. The van der Waals surface area contributed by atoms with Gasteiger partial charge >= 0.3 is 5.97 Å². The van der Waals surface area contributed by atoms with Crippen LogP contribution in [0.4, 0.5) is 4.39 Å². The van der Waals surface area contributed by atoms with Gasteiger partial charge in [0, 0.05) is 6.54 Å². The molecule has 0 aliphatic rings. The van der Waals surface area contributed by atoms with Gasteiger partial charge < -0.3 is 5.11 Å². The summed E-state index contributed by atoms with van der Waals surface area (Å²) >= 11 is 0.842. The van der Waals surface area contributed by atoms with Crippen LogP contribution in [0, 0.1) is 12.7 Å². The third kappa shape index (κ3) is 3.46. The molecule has 112 valence electrons. The minimum Gasteiger partial charge on any atom is -0.477 e. The Morgan fingerprint density at radius 1 is 1.38 bits per heavy atom. The lowest BCUT2D eigenvalue weighted by atomic mass is 10.1. The monoisotopic (exact) mass is 329 g/mol. The number of hydrogen-bond donors (Lipinski definition) is 2. The topological polar surface area (TPSA) is 83.5 Å². The van der Waals surface area contributed by atoms with Crippen molar-refractivity contribution in [3.05, 3.63) is 51.5 Å². The van der Waals surface area contributed by atoms with Crippen LogP contribution in [0.2, 0.25) is 0 Å². The van der Waals surface area contributed by atoms with Gasteiger partial charge in [-0.05, 0) is 35.6 Å². The molecular weight excluding hydrogens is 317 g/mol. The number of rotatable bonds is 5. The van der Waals surface area contributed by atoms with Crippen molar-refractivity contribution >= 4 is 27.3 Å². The summed E-state index contributed by atoms with van der Waals surface area (Å²) in [4.78, 5) is 10.5. The molecular formula is C13H12FNO4S2. The fourth-order valence-corrected chi connectivity index (χ4v) is 4.01. The minimum absolute atomic E-state index is 0.0433. The van der Waals surface area contributed by atoms with Gasteiger partial charge in [-0.1, -0.05) is 12.1 Å². The van der Waals surface area contributed by atoms with Gasteiger partial charge in [0.25, 0.3) is 0 Å². The normalized spacial score (nSPS) is 11.5. The molecule has 2 N–H and O–H groups in total. The predicted molar refractivity (Wildman–Crippen MR) is 76.4 cm³/mol. The standard InChI is InChI=1S/C13H12FNO4S2/c1-8-6-9(2-3-10(8)14)7-15-21(18,19)11-4-5-20-12(11)13(16)17/h2-6,15H,7H2,1H3,(H,16,17). The second kappa shape index (κ2) is 5.92. The molecule has 0 amide bonds. The molecule has 21 heavy (non-hydrogen) atoms. The molecule has 0 atom stereocenters. The van der Waals surface area contributed by atoms with Crippen molar-refractivity contribution in [2.45, 2.75) is 18.4 Å². The number of sulfonamides is 1. The Morgan fingerprint density at radius 3 is 2.71 bits per heavy atom. The number of hydrogen-bond acceptors (Lipinski definition) is 4. The lowest BCUT2D eigenvalue weighted by Gasteiger charge is -2.07. The van der Waals surface area contributed by atoms with E-state index in [-0.39, 0.29) is 22.1 Å². The molecule has 1 aromatic heterocycles. The summed E-state index contributed by atoms with van der Waals surface area (Å²) in [5, 5.41) is 10.3. The van der Waals surface area contributed by atoms with Gasteiger partial charge in [-0.3, -0.25) is 0 Å². The Balaban J connectivity index is 2.20. The molecule has 2 rings (SSSR count). The highest BCUT2D eigenvalue weighted by atomic mass is 32.2. The highest BCUT2D eigenvalue weighted by Crippen LogP contribution is 2.22. The largest absolute Gasteiger partial charge is 0.477 e. The SMILES string of the molecule is Cc1cc(CNS(=O)(=O)c2ccsc2C(=O)O)ccc1F. The average Bonchev–Trinajstić information content (AvgIpc) is 2.90. The first kappa shape index (κ1) is 15.6. The number of carboxylic acid groups (broad SMARTS) is 1. The molecule has 0 aliphatic carbocycles.